The highest BCUT2D eigenvalue weighted by molar-refractivity contribution is 9.10. The first-order valence-electron chi connectivity index (χ1n) is 5.79. The van der Waals surface area contributed by atoms with Crippen molar-refractivity contribution < 1.29 is 8.78 Å². The van der Waals surface area contributed by atoms with Gasteiger partial charge >= 0.3 is 0 Å². The molecule has 0 fully saturated rings. The first-order chi connectivity index (χ1) is 10.0. The highest BCUT2D eigenvalue weighted by Crippen LogP contribution is 2.29. The maximum absolute atomic E-state index is 13.5. The molecule has 0 amide bonds. The predicted octanol–water partition coefficient (Wildman–Crippen LogP) is 5.68. The molecule has 21 heavy (non-hydrogen) atoms. The van der Waals surface area contributed by atoms with Gasteiger partial charge in [0.2, 0.25) is 0 Å². The lowest BCUT2D eigenvalue weighted by molar-refractivity contribution is 0.621. The Balaban J connectivity index is 1.99. The van der Waals surface area contributed by atoms with E-state index < -0.39 is 0 Å². The average molecular weight is 432 g/mol. The van der Waals surface area contributed by atoms with Gasteiger partial charge < -0.3 is 0 Å². The van der Waals surface area contributed by atoms with E-state index in [9.17, 15) is 8.78 Å². The zero-order chi connectivity index (χ0) is 15.0. The van der Waals surface area contributed by atoms with Gasteiger partial charge in [0.1, 0.15) is 16.6 Å². The molecule has 3 rings (SSSR count). The molecule has 0 aliphatic carbocycles. The molecule has 106 valence electrons. The largest absolute Gasteiger partial charge is 0.215 e. The molecule has 0 aliphatic heterocycles. The second-order valence-electron chi connectivity index (χ2n) is 4.18. The zero-order valence-electron chi connectivity index (χ0n) is 10.3. The van der Waals surface area contributed by atoms with Crippen molar-refractivity contribution in [3.05, 3.63) is 57.0 Å². The van der Waals surface area contributed by atoms with E-state index in [1.807, 2.05) is 0 Å². The summed E-state index contributed by atoms with van der Waals surface area (Å²) < 4.78 is 32.1. The van der Waals surface area contributed by atoms with E-state index in [-0.39, 0.29) is 11.6 Å². The molecule has 0 unspecified atom stereocenters. The van der Waals surface area contributed by atoms with Crippen LogP contribution in [0.3, 0.4) is 0 Å². The summed E-state index contributed by atoms with van der Waals surface area (Å²) in [5.41, 5.74) is 1.22. The van der Waals surface area contributed by atoms with E-state index in [2.05, 4.69) is 41.2 Å². The number of hydrogen-bond acceptors (Lipinski definition) is 3. The maximum atomic E-state index is 13.5. The third-order valence-corrected chi connectivity index (χ3v) is 4.82. The van der Waals surface area contributed by atoms with E-state index in [0.717, 1.165) is 11.5 Å². The summed E-state index contributed by atoms with van der Waals surface area (Å²) in [7, 11) is 0. The van der Waals surface area contributed by atoms with Crippen molar-refractivity contribution in [2.75, 3.05) is 0 Å². The Morgan fingerprint density at radius 1 is 0.857 bits per heavy atom. The molecule has 0 saturated heterocycles. The van der Waals surface area contributed by atoms with Crippen molar-refractivity contribution in [1.29, 1.82) is 0 Å². The normalized spacial score (nSPS) is 10.9. The van der Waals surface area contributed by atoms with Crippen LogP contribution in [0.1, 0.15) is 0 Å². The molecule has 1 heterocycles. The highest BCUT2D eigenvalue weighted by atomic mass is 79.9. The van der Waals surface area contributed by atoms with Crippen LogP contribution in [0, 0.1) is 11.6 Å². The van der Waals surface area contributed by atoms with Crippen LogP contribution >= 0.6 is 43.4 Å². The third kappa shape index (κ3) is 3.04. The Kier molecular flexibility index (Phi) is 4.14. The standard InChI is InChI=1S/C14H6Br2F2N2S/c15-9-3-1-7(5-11(9)17)13-19-14(21-20-13)8-2-4-10(16)12(18)6-8/h1-6H. The first-order valence-corrected chi connectivity index (χ1v) is 8.15. The van der Waals surface area contributed by atoms with E-state index in [4.69, 9.17) is 0 Å². The smallest absolute Gasteiger partial charge is 0.173 e. The van der Waals surface area contributed by atoms with Crippen molar-refractivity contribution in [1.82, 2.24) is 9.36 Å². The van der Waals surface area contributed by atoms with Crippen molar-refractivity contribution >= 4 is 43.4 Å². The van der Waals surface area contributed by atoms with Crippen LogP contribution in [0.5, 0.6) is 0 Å². The summed E-state index contributed by atoms with van der Waals surface area (Å²) in [6.07, 6.45) is 0. The topological polar surface area (TPSA) is 25.8 Å². The maximum Gasteiger partial charge on any atom is 0.173 e. The van der Waals surface area contributed by atoms with Crippen LogP contribution in [0.15, 0.2) is 45.3 Å². The summed E-state index contributed by atoms with van der Waals surface area (Å²) in [6, 6.07) is 9.44. The Morgan fingerprint density at radius 2 is 1.43 bits per heavy atom. The van der Waals surface area contributed by atoms with Gasteiger partial charge in [0.25, 0.3) is 0 Å². The van der Waals surface area contributed by atoms with E-state index >= 15 is 0 Å². The van der Waals surface area contributed by atoms with Gasteiger partial charge in [0.15, 0.2) is 5.82 Å². The van der Waals surface area contributed by atoms with Gasteiger partial charge in [-0.3, -0.25) is 0 Å². The molecule has 2 aromatic carbocycles. The Bertz CT molecular complexity index is 754. The Hall–Kier alpha value is -1.18. The van der Waals surface area contributed by atoms with E-state index in [1.165, 1.54) is 12.1 Å². The molecule has 1 aromatic heterocycles. The van der Waals surface area contributed by atoms with Crippen molar-refractivity contribution in [2.45, 2.75) is 0 Å². The van der Waals surface area contributed by atoms with Gasteiger partial charge in [-0.15, -0.1) is 0 Å². The second-order valence-corrected chi connectivity index (χ2v) is 6.64. The minimum atomic E-state index is -0.376. The fourth-order valence-electron chi connectivity index (χ4n) is 1.72. The Labute approximate surface area is 140 Å². The third-order valence-electron chi connectivity index (χ3n) is 2.77. The molecule has 0 spiro atoms. The number of nitrogens with zero attached hydrogens (tertiary/aromatic N) is 2. The summed E-state index contributed by atoms with van der Waals surface area (Å²) in [5.74, 6) is -0.317. The quantitative estimate of drug-likeness (QED) is 0.522. The van der Waals surface area contributed by atoms with Gasteiger partial charge in [-0.25, -0.2) is 13.8 Å². The summed E-state index contributed by atoms with van der Waals surface area (Å²) in [6.45, 7) is 0. The lowest BCUT2D eigenvalue weighted by Gasteiger charge is -1.99. The van der Waals surface area contributed by atoms with Gasteiger partial charge in [-0.05, 0) is 73.7 Å². The zero-order valence-corrected chi connectivity index (χ0v) is 14.3. The van der Waals surface area contributed by atoms with Crippen LogP contribution in [-0.2, 0) is 0 Å². The SMILES string of the molecule is Fc1cc(-c2nsc(-c3ccc(Br)c(F)c3)n2)ccc1Br. The van der Waals surface area contributed by atoms with Crippen LogP contribution < -0.4 is 0 Å². The predicted molar refractivity (Wildman–Crippen MR) is 86.1 cm³/mol. The van der Waals surface area contributed by atoms with Crippen molar-refractivity contribution in [3.8, 4) is 22.0 Å². The number of rotatable bonds is 2. The van der Waals surface area contributed by atoms with Gasteiger partial charge in [0.05, 0.1) is 8.95 Å². The van der Waals surface area contributed by atoms with Crippen LogP contribution in [0.2, 0.25) is 0 Å². The van der Waals surface area contributed by atoms with Crippen LogP contribution in [0.25, 0.3) is 22.0 Å². The monoisotopic (exact) mass is 430 g/mol. The van der Waals surface area contributed by atoms with Crippen molar-refractivity contribution in [2.24, 2.45) is 0 Å². The lowest BCUT2D eigenvalue weighted by Crippen LogP contribution is -1.85. The van der Waals surface area contributed by atoms with Crippen LogP contribution in [-0.4, -0.2) is 9.36 Å². The lowest BCUT2D eigenvalue weighted by atomic mass is 10.2. The van der Waals surface area contributed by atoms with Crippen molar-refractivity contribution in [3.63, 3.8) is 0 Å². The van der Waals surface area contributed by atoms with Gasteiger partial charge in [-0.2, -0.15) is 4.37 Å². The molecule has 7 heteroatoms. The van der Waals surface area contributed by atoms with Gasteiger partial charge in [0, 0.05) is 11.1 Å². The molecule has 0 radical (unpaired) electrons. The van der Waals surface area contributed by atoms with Gasteiger partial charge in [-0.1, -0.05) is 6.07 Å². The summed E-state index contributed by atoms with van der Waals surface area (Å²) >= 11 is 7.35. The fourth-order valence-corrected chi connectivity index (χ4v) is 2.89. The second kappa shape index (κ2) is 5.90. The number of hydrogen-bond donors (Lipinski definition) is 0. The average Bonchev–Trinajstić information content (AvgIpc) is 2.94. The molecule has 0 bridgehead atoms. The minimum Gasteiger partial charge on any atom is -0.215 e. The minimum absolute atomic E-state index is 0.362. The fraction of sp³-hybridized carbons (Fsp3) is 0. The number of aromatic nitrogens is 2. The Morgan fingerprint density at radius 3 is 2.05 bits per heavy atom. The van der Waals surface area contributed by atoms with Crippen LogP contribution in [0.4, 0.5) is 8.78 Å². The first kappa shape index (κ1) is 14.7. The molecular weight excluding hydrogens is 426 g/mol. The van der Waals surface area contributed by atoms with E-state index in [1.54, 1.807) is 24.3 Å². The highest BCUT2D eigenvalue weighted by Gasteiger charge is 2.11. The molecule has 3 aromatic rings. The molecule has 0 atom stereocenters. The number of benzene rings is 2. The summed E-state index contributed by atoms with van der Waals surface area (Å²) in [5, 5.41) is 0.583. The number of halogens is 4. The molecule has 0 N–H and O–H groups in total. The molecule has 0 saturated carbocycles. The summed E-state index contributed by atoms with van der Waals surface area (Å²) in [4.78, 5) is 4.34. The molecule has 0 aliphatic rings. The molecule has 2 nitrogen and oxygen atoms in total. The molecular formula is C14H6Br2F2N2S. The van der Waals surface area contributed by atoms with E-state index in [0.29, 0.717) is 30.9 Å².